The molecule has 1 unspecified atom stereocenters. The van der Waals surface area contributed by atoms with Crippen LogP contribution in [-0.4, -0.2) is 54.3 Å². The smallest absolute Gasteiger partial charge is 0.187 e. The van der Waals surface area contributed by atoms with Crippen molar-refractivity contribution < 1.29 is 13.6 Å². The first-order chi connectivity index (χ1) is 8.66. The first-order valence-corrected chi connectivity index (χ1v) is 6.11. The summed E-state index contributed by atoms with van der Waals surface area (Å²) < 4.78 is 27.2. The molecule has 18 heavy (non-hydrogen) atoms. The molecule has 0 aromatic heterocycles. The summed E-state index contributed by atoms with van der Waals surface area (Å²) in [6.45, 7) is 4.04. The molecule has 96 valence electrons. The van der Waals surface area contributed by atoms with Crippen LogP contribution in [0.25, 0.3) is 0 Å². The lowest BCUT2D eigenvalue weighted by Gasteiger charge is -2.46. The van der Waals surface area contributed by atoms with Crippen LogP contribution < -0.4 is 0 Å². The summed E-state index contributed by atoms with van der Waals surface area (Å²) >= 11 is 0. The summed E-state index contributed by atoms with van der Waals surface area (Å²) in [5.74, 6) is -1.97. The van der Waals surface area contributed by atoms with Crippen molar-refractivity contribution in [3.05, 3.63) is 35.4 Å². The number of fused-ring (bicyclic) bond motifs is 3. The van der Waals surface area contributed by atoms with E-state index in [-0.39, 0.29) is 0 Å². The van der Waals surface area contributed by atoms with Crippen molar-refractivity contribution >= 4 is 5.78 Å². The summed E-state index contributed by atoms with van der Waals surface area (Å²) in [4.78, 5) is 16.5. The molecule has 3 aliphatic heterocycles. The van der Waals surface area contributed by atoms with Crippen LogP contribution in [0.15, 0.2) is 18.2 Å². The van der Waals surface area contributed by atoms with Gasteiger partial charge in [0.05, 0.1) is 11.6 Å². The molecule has 1 aromatic rings. The summed E-state index contributed by atoms with van der Waals surface area (Å²) in [6.07, 6.45) is 0. The van der Waals surface area contributed by atoms with Crippen molar-refractivity contribution in [2.45, 2.75) is 6.04 Å². The zero-order valence-electron chi connectivity index (χ0n) is 9.90. The molecule has 0 spiro atoms. The second-order valence-corrected chi connectivity index (χ2v) is 4.81. The predicted molar refractivity (Wildman–Crippen MR) is 62.5 cm³/mol. The first-order valence-electron chi connectivity index (χ1n) is 6.11. The molecule has 0 radical (unpaired) electrons. The van der Waals surface area contributed by atoms with Crippen LogP contribution in [0.5, 0.6) is 0 Å². The molecule has 2 bridgehead atoms. The van der Waals surface area contributed by atoms with Crippen molar-refractivity contribution in [1.82, 2.24) is 9.80 Å². The Bertz CT molecular complexity index is 464. The van der Waals surface area contributed by atoms with E-state index < -0.39 is 29.0 Å². The second-order valence-electron chi connectivity index (χ2n) is 4.81. The van der Waals surface area contributed by atoms with Crippen LogP contribution in [0, 0.1) is 11.6 Å². The lowest BCUT2D eigenvalue weighted by Crippen LogP contribution is -2.63. The van der Waals surface area contributed by atoms with E-state index in [0.717, 1.165) is 38.3 Å². The Morgan fingerprint density at radius 2 is 1.72 bits per heavy atom. The average molecular weight is 252 g/mol. The molecule has 3 saturated heterocycles. The highest BCUT2D eigenvalue weighted by molar-refractivity contribution is 6.00. The maximum Gasteiger partial charge on any atom is 0.187 e. The highest BCUT2D eigenvalue weighted by atomic mass is 19.1. The molecule has 0 N–H and O–H groups in total. The molecule has 3 fully saturated rings. The Morgan fingerprint density at radius 1 is 1.11 bits per heavy atom. The monoisotopic (exact) mass is 252 g/mol. The minimum atomic E-state index is -0.766. The van der Waals surface area contributed by atoms with Crippen molar-refractivity contribution in [3.63, 3.8) is 0 Å². The molecule has 0 amide bonds. The standard InChI is InChI=1S/C13H14F2N2O/c14-9-2-1-3-10(15)12(9)13(18)11-8-16-4-6-17(11)7-5-16/h1-3,11H,4-8H2. The van der Waals surface area contributed by atoms with Crippen LogP contribution in [-0.2, 0) is 0 Å². The number of halogens is 2. The summed E-state index contributed by atoms with van der Waals surface area (Å²) in [6, 6.07) is 3.14. The van der Waals surface area contributed by atoms with Gasteiger partial charge in [0.25, 0.3) is 0 Å². The Morgan fingerprint density at radius 3 is 2.22 bits per heavy atom. The quantitative estimate of drug-likeness (QED) is 0.738. The molecular weight excluding hydrogens is 238 g/mol. The number of hydrogen-bond donors (Lipinski definition) is 0. The third-order valence-electron chi connectivity index (χ3n) is 3.79. The van der Waals surface area contributed by atoms with Gasteiger partial charge in [-0.3, -0.25) is 14.6 Å². The fourth-order valence-electron chi connectivity index (χ4n) is 2.77. The number of Topliss-reactive ketones (excluding diaryl/α,β-unsaturated/α-hetero) is 1. The van der Waals surface area contributed by atoms with Gasteiger partial charge in [-0.25, -0.2) is 8.78 Å². The Labute approximate surface area is 104 Å². The Balaban J connectivity index is 1.91. The number of rotatable bonds is 2. The number of hydrogen-bond acceptors (Lipinski definition) is 3. The third kappa shape index (κ3) is 1.83. The molecule has 3 aliphatic rings. The zero-order chi connectivity index (χ0) is 12.7. The van der Waals surface area contributed by atoms with Crippen LogP contribution >= 0.6 is 0 Å². The van der Waals surface area contributed by atoms with E-state index in [0.29, 0.717) is 6.54 Å². The number of nitrogens with zero attached hydrogens (tertiary/aromatic N) is 2. The molecule has 1 aromatic carbocycles. The van der Waals surface area contributed by atoms with Crippen LogP contribution in [0.2, 0.25) is 0 Å². The van der Waals surface area contributed by atoms with E-state index in [2.05, 4.69) is 4.90 Å². The first kappa shape index (κ1) is 11.7. The summed E-state index contributed by atoms with van der Waals surface area (Å²) in [5.41, 5.74) is -0.392. The van der Waals surface area contributed by atoms with Crippen LogP contribution in [0.1, 0.15) is 10.4 Å². The van der Waals surface area contributed by atoms with E-state index in [9.17, 15) is 13.6 Å². The normalized spacial score (nSPS) is 30.4. The van der Waals surface area contributed by atoms with Gasteiger partial charge in [0.1, 0.15) is 11.6 Å². The molecule has 1 atom stereocenters. The van der Waals surface area contributed by atoms with Crippen LogP contribution in [0.3, 0.4) is 0 Å². The summed E-state index contributed by atoms with van der Waals surface area (Å²) in [7, 11) is 0. The average Bonchev–Trinajstić information content (AvgIpc) is 2.39. The van der Waals surface area contributed by atoms with E-state index in [1.165, 1.54) is 6.07 Å². The predicted octanol–water partition coefficient (Wildman–Crippen LogP) is 1.15. The molecule has 4 rings (SSSR count). The molecule has 3 nitrogen and oxygen atoms in total. The lowest BCUT2D eigenvalue weighted by molar-refractivity contribution is 0.0155. The van der Waals surface area contributed by atoms with E-state index in [4.69, 9.17) is 0 Å². The number of carbonyl (C=O) groups excluding carboxylic acids is 1. The van der Waals surface area contributed by atoms with Crippen molar-refractivity contribution in [2.75, 3.05) is 32.7 Å². The van der Waals surface area contributed by atoms with E-state index in [1.807, 2.05) is 4.90 Å². The molecule has 3 heterocycles. The van der Waals surface area contributed by atoms with Gasteiger partial charge < -0.3 is 0 Å². The van der Waals surface area contributed by atoms with Gasteiger partial charge in [-0.05, 0) is 12.1 Å². The maximum absolute atomic E-state index is 13.6. The lowest BCUT2D eigenvalue weighted by atomic mass is 9.97. The minimum Gasteiger partial charge on any atom is -0.299 e. The number of piperazine rings is 3. The Kier molecular flexibility index (Phi) is 2.87. The van der Waals surface area contributed by atoms with Crippen molar-refractivity contribution in [2.24, 2.45) is 0 Å². The van der Waals surface area contributed by atoms with Gasteiger partial charge >= 0.3 is 0 Å². The van der Waals surface area contributed by atoms with Crippen molar-refractivity contribution in [1.29, 1.82) is 0 Å². The molecule has 0 aliphatic carbocycles. The second kappa shape index (κ2) is 4.40. The fraction of sp³-hybridized carbons (Fsp3) is 0.462. The SMILES string of the molecule is O=C(c1c(F)cccc1F)C1CN2CCN1CC2. The van der Waals surface area contributed by atoms with Gasteiger partial charge in [0, 0.05) is 32.7 Å². The van der Waals surface area contributed by atoms with E-state index >= 15 is 0 Å². The minimum absolute atomic E-state index is 0.392. The summed E-state index contributed by atoms with van der Waals surface area (Å²) in [5, 5.41) is 0. The topological polar surface area (TPSA) is 23.6 Å². The van der Waals surface area contributed by atoms with Gasteiger partial charge in [0.2, 0.25) is 0 Å². The van der Waals surface area contributed by atoms with Crippen molar-refractivity contribution in [3.8, 4) is 0 Å². The van der Waals surface area contributed by atoms with Gasteiger partial charge in [0.15, 0.2) is 5.78 Å². The zero-order valence-corrected chi connectivity index (χ0v) is 9.90. The fourth-order valence-corrected chi connectivity index (χ4v) is 2.77. The van der Waals surface area contributed by atoms with Gasteiger partial charge in [-0.1, -0.05) is 6.07 Å². The number of ketones is 1. The molecule has 0 saturated carbocycles. The highest BCUT2D eigenvalue weighted by Crippen LogP contribution is 2.22. The number of benzene rings is 1. The maximum atomic E-state index is 13.6. The van der Waals surface area contributed by atoms with Gasteiger partial charge in [-0.15, -0.1) is 0 Å². The Hall–Kier alpha value is -1.33. The molecular formula is C13H14F2N2O. The third-order valence-corrected chi connectivity index (χ3v) is 3.79. The van der Waals surface area contributed by atoms with E-state index in [1.54, 1.807) is 0 Å². The highest BCUT2D eigenvalue weighted by Gasteiger charge is 2.38. The largest absolute Gasteiger partial charge is 0.299 e. The van der Waals surface area contributed by atoms with Gasteiger partial charge in [-0.2, -0.15) is 0 Å². The number of carbonyl (C=O) groups is 1. The van der Waals surface area contributed by atoms with Crippen LogP contribution in [0.4, 0.5) is 8.78 Å². The molecule has 5 heteroatoms.